The van der Waals surface area contributed by atoms with Crippen molar-refractivity contribution >= 4 is 27.4 Å². The van der Waals surface area contributed by atoms with Crippen molar-refractivity contribution < 1.29 is 0 Å². The normalized spacial score (nSPS) is 11.0. The van der Waals surface area contributed by atoms with Crippen LogP contribution in [0.2, 0.25) is 0 Å². The zero-order chi connectivity index (χ0) is 14.8. The predicted molar refractivity (Wildman–Crippen MR) is 86.7 cm³/mol. The Morgan fingerprint density at radius 3 is 2.81 bits per heavy atom. The molecule has 0 aromatic carbocycles. The summed E-state index contributed by atoms with van der Waals surface area (Å²) in [5.74, 6) is 1.54. The molecule has 0 atom stereocenters. The molecule has 3 heterocycles. The summed E-state index contributed by atoms with van der Waals surface area (Å²) in [6, 6.07) is 1.83. The molecule has 3 aromatic heterocycles. The lowest BCUT2D eigenvalue weighted by molar-refractivity contribution is 0.969. The molecule has 0 saturated heterocycles. The van der Waals surface area contributed by atoms with Gasteiger partial charge in [-0.05, 0) is 31.9 Å². The number of nitrogens with zero attached hydrogens (tertiary/aromatic N) is 4. The van der Waals surface area contributed by atoms with Crippen molar-refractivity contribution in [3.05, 3.63) is 29.0 Å². The Balaban J connectivity index is 2.20. The van der Waals surface area contributed by atoms with E-state index in [0.717, 1.165) is 34.7 Å². The molecule has 108 valence electrons. The number of thiophene rings is 1. The molecule has 0 aliphatic heterocycles. The molecule has 0 saturated carbocycles. The van der Waals surface area contributed by atoms with E-state index in [9.17, 15) is 0 Å². The molecule has 21 heavy (non-hydrogen) atoms. The van der Waals surface area contributed by atoms with Gasteiger partial charge in [-0.2, -0.15) is 0 Å². The highest BCUT2D eigenvalue weighted by atomic mass is 32.1. The lowest BCUT2D eigenvalue weighted by Gasteiger charge is -2.08. The van der Waals surface area contributed by atoms with Gasteiger partial charge >= 0.3 is 0 Å². The number of rotatable bonds is 4. The summed E-state index contributed by atoms with van der Waals surface area (Å²) in [5.41, 5.74) is 2.00. The van der Waals surface area contributed by atoms with Gasteiger partial charge in [0.25, 0.3) is 0 Å². The summed E-state index contributed by atoms with van der Waals surface area (Å²) >= 11 is 1.70. The summed E-state index contributed by atoms with van der Waals surface area (Å²) < 4.78 is 0. The van der Waals surface area contributed by atoms with Crippen LogP contribution in [0.15, 0.2) is 18.6 Å². The smallest absolute Gasteiger partial charge is 0.181 e. The fourth-order valence-corrected chi connectivity index (χ4v) is 3.19. The quantitative estimate of drug-likeness (QED) is 0.797. The Labute approximate surface area is 127 Å². The molecule has 1 N–H and O–H groups in total. The third-order valence-corrected chi connectivity index (χ3v) is 4.48. The second-order valence-corrected chi connectivity index (χ2v) is 6.08. The molecular formula is C15H17N5S. The van der Waals surface area contributed by atoms with Crippen LogP contribution in [0.3, 0.4) is 0 Å². The molecule has 0 amide bonds. The molecule has 5 nitrogen and oxygen atoms in total. The number of hydrogen-bond acceptors (Lipinski definition) is 6. The number of aryl methyl sites for hydroxylation is 2. The Morgan fingerprint density at radius 1 is 1.24 bits per heavy atom. The molecule has 0 aliphatic carbocycles. The Kier molecular flexibility index (Phi) is 3.79. The van der Waals surface area contributed by atoms with Crippen LogP contribution in [0.4, 0.5) is 5.82 Å². The van der Waals surface area contributed by atoms with Crippen molar-refractivity contribution in [2.75, 3.05) is 11.9 Å². The van der Waals surface area contributed by atoms with E-state index in [-0.39, 0.29) is 0 Å². The van der Waals surface area contributed by atoms with Crippen molar-refractivity contribution in [2.24, 2.45) is 0 Å². The molecular weight excluding hydrogens is 282 g/mol. The van der Waals surface area contributed by atoms with E-state index in [1.807, 2.05) is 6.07 Å². The summed E-state index contributed by atoms with van der Waals surface area (Å²) in [7, 11) is 0. The van der Waals surface area contributed by atoms with Crippen molar-refractivity contribution in [3.8, 4) is 11.5 Å². The van der Waals surface area contributed by atoms with Crippen LogP contribution in [0.25, 0.3) is 21.7 Å². The maximum atomic E-state index is 4.68. The Morgan fingerprint density at radius 2 is 2.10 bits per heavy atom. The van der Waals surface area contributed by atoms with Crippen LogP contribution in [-0.2, 0) is 0 Å². The lowest BCUT2D eigenvalue weighted by Crippen LogP contribution is -2.05. The van der Waals surface area contributed by atoms with Gasteiger partial charge in [0, 0.05) is 17.6 Å². The summed E-state index contributed by atoms with van der Waals surface area (Å²) in [5, 5.41) is 4.54. The minimum atomic E-state index is 0.643. The minimum absolute atomic E-state index is 0.643. The van der Waals surface area contributed by atoms with Gasteiger partial charge in [-0.15, -0.1) is 11.3 Å². The third kappa shape index (κ3) is 2.58. The standard InChI is InChI=1S/C15H17N5S/c1-4-6-17-14-12-9(2)10(3)21-15(12)20-13(19-14)11-5-7-16-8-18-11/h5,7-8H,4,6H2,1-3H3,(H,17,19,20). The second kappa shape index (κ2) is 5.73. The first kappa shape index (κ1) is 13.9. The molecule has 0 aliphatic rings. The summed E-state index contributed by atoms with van der Waals surface area (Å²) in [6.07, 6.45) is 4.28. The Hall–Kier alpha value is -2.08. The molecule has 0 fully saturated rings. The van der Waals surface area contributed by atoms with Gasteiger partial charge in [-0.25, -0.2) is 19.9 Å². The number of anilines is 1. The molecule has 0 bridgehead atoms. The van der Waals surface area contributed by atoms with Crippen LogP contribution in [-0.4, -0.2) is 26.5 Å². The molecule has 3 rings (SSSR count). The topological polar surface area (TPSA) is 63.6 Å². The van der Waals surface area contributed by atoms with Crippen LogP contribution >= 0.6 is 11.3 Å². The van der Waals surface area contributed by atoms with E-state index in [4.69, 9.17) is 0 Å². The first-order valence-electron chi connectivity index (χ1n) is 6.98. The monoisotopic (exact) mass is 299 g/mol. The van der Waals surface area contributed by atoms with Crippen molar-refractivity contribution in [3.63, 3.8) is 0 Å². The second-order valence-electron chi connectivity index (χ2n) is 4.88. The van der Waals surface area contributed by atoms with E-state index >= 15 is 0 Å². The van der Waals surface area contributed by atoms with Gasteiger partial charge in [0.15, 0.2) is 5.82 Å². The van der Waals surface area contributed by atoms with Crippen LogP contribution in [0.1, 0.15) is 23.8 Å². The van der Waals surface area contributed by atoms with Crippen LogP contribution in [0.5, 0.6) is 0 Å². The van der Waals surface area contributed by atoms with Gasteiger partial charge in [0.1, 0.15) is 22.7 Å². The SMILES string of the molecule is CCCNc1nc(-c2ccncn2)nc2sc(C)c(C)c12. The molecule has 0 spiro atoms. The van der Waals surface area contributed by atoms with Crippen molar-refractivity contribution in [2.45, 2.75) is 27.2 Å². The third-order valence-electron chi connectivity index (χ3n) is 3.38. The van der Waals surface area contributed by atoms with Gasteiger partial charge in [0.2, 0.25) is 0 Å². The lowest BCUT2D eigenvalue weighted by atomic mass is 10.2. The fraction of sp³-hybridized carbons (Fsp3) is 0.333. The molecule has 0 unspecified atom stereocenters. The fourth-order valence-electron chi connectivity index (χ4n) is 2.16. The zero-order valence-electron chi connectivity index (χ0n) is 12.3. The van der Waals surface area contributed by atoms with E-state index in [1.54, 1.807) is 17.5 Å². The number of nitrogens with one attached hydrogen (secondary N) is 1. The average molecular weight is 299 g/mol. The van der Waals surface area contributed by atoms with E-state index < -0.39 is 0 Å². The van der Waals surface area contributed by atoms with Crippen LogP contribution < -0.4 is 5.32 Å². The minimum Gasteiger partial charge on any atom is -0.369 e. The first-order chi connectivity index (χ1) is 10.2. The highest BCUT2D eigenvalue weighted by molar-refractivity contribution is 7.18. The highest BCUT2D eigenvalue weighted by Crippen LogP contribution is 2.34. The molecule has 0 radical (unpaired) electrons. The zero-order valence-corrected chi connectivity index (χ0v) is 13.2. The van der Waals surface area contributed by atoms with Gasteiger partial charge in [-0.3, -0.25) is 0 Å². The average Bonchev–Trinajstić information content (AvgIpc) is 2.80. The van der Waals surface area contributed by atoms with Crippen LogP contribution in [0, 0.1) is 13.8 Å². The Bertz CT molecular complexity index is 767. The molecule has 3 aromatic rings. The summed E-state index contributed by atoms with van der Waals surface area (Å²) in [4.78, 5) is 19.8. The largest absolute Gasteiger partial charge is 0.369 e. The first-order valence-corrected chi connectivity index (χ1v) is 7.80. The highest BCUT2D eigenvalue weighted by Gasteiger charge is 2.15. The van der Waals surface area contributed by atoms with E-state index in [1.165, 1.54) is 16.8 Å². The maximum absolute atomic E-state index is 4.68. The van der Waals surface area contributed by atoms with Gasteiger partial charge < -0.3 is 5.32 Å². The number of aromatic nitrogens is 4. The maximum Gasteiger partial charge on any atom is 0.181 e. The number of hydrogen-bond donors (Lipinski definition) is 1. The van der Waals surface area contributed by atoms with Crippen molar-refractivity contribution in [1.82, 2.24) is 19.9 Å². The molecule has 6 heteroatoms. The van der Waals surface area contributed by atoms with Crippen molar-refractivity contribution in [1.29, 1.82) is 0 Å². The van der Waals surface area contributed by atoms with Gasteiger partial charge in [0.05, 0.1) is 5.39 Å². The van der Waals surface area contributed by atoms with Gasteiger partial charge in [-0.1, -0.05) is 6.92 Å². The predicted octanol–water partition coefficient (Wildman–Crippen LogP) is 3.59. The summed E-state index contributed by atoms with van der Waals surface area (Å²) in [6.45, 7) is 7.28. The number of fused-ring (bicyclic) bond motifs is 1. The van der Waals surface area contributed by atoms with E-state index in [0.29, 0.717) is 5.82 Å². The van der Waals surface area contributed by atoms with E-state index in [2.05, 4.69) is 46.0 Å².